The van der Waals surface area contributed by atoms with Crippen molar-refractivity contribution in [1.82, 2.24) is 10.9 Å². The molecule has 2 amide bonds. The number of amides is 2. The van der Waals surface area contributed by atoms with Gasteiger partial charge in [0.15, 0.2) is 0 Å². The first kappa shape index (κ1) is 19.5. The molecule has 0 saturated carbocycles. The number of benzene rings is 2. The third-order valence-electron chi connectivity index (χ3n) is 3.50. The van der Waals surface area contributed by atoms with Crippen molar-refractivity contribution in [3.05, 3.63) is 76.6 Å². The van der Waals surface area contributed by atoms with Crippen molar-refractivity contribution in [1.29, 1.82) is 0 Å². The van der Waals surface area contributed by atoms with Crippen molar-refractivity contribution in [2.45, 2.75) is 12.8 Å². The largest absolute Gasteiger partial charge is 0.448 e. The van der Waals surface area contributed by atoms with Crippen LogP contribution in [0.3, 0.4) is 0 Å². The van der Waals surface area contributed by atoms with Crippen molar-refractivity contribution in [3.8, 4) is 0 Å². The average Bonchev–Trinajstić information content (AvgIpc) is 2.64. The summed E-state index contributed by atoms with van der Waals surface area (Å²) in [5.41, 5.74) is 5.84. The average molecular weight is 377 g/mol. The number of nitrogens with one attached hydrogen (secondary N) is 2. The molecule has 1 atom stereocenters. The minimum Gasteiger partial charge on any atom is -0.448 e. The van der Waals surface area contributed by atoms with E-state index in [1.54, 1.807) is 0 Å². The maximum Gasteiger partial charge on any atom is 0.426 e. The van der Waals surface area contributed by atoms with Gasteiger partial charge in [0.05, 0.1) is 11.6 Å². The molecule has 0 aliphatic rings. The molecule has 26 heavy (non-hydrogen) atoms. The van der Waals surface area contributed by atoms with Gasteiger partial charge in [0, 0.05) is 12.0 Å². The van der Waals surface area contributed by atoms with Crippen LogP contribution in [-0.2, 0) is 9.53 Å². The lowest BCUT2D eigenvalue weighted by Gasteiger charge is -2.13. The Kier molecular flexibility index (Phi) is 7.17. The lowest BCUT2D eigenvalue weighted by Crippen LogP contribution is -2.41. The van der Waals surface area contributed by atoms with Crippen LogP contribution < -0.4 is 10.9 Å². The molecule has 2 N–H and O–H groups in total. The number of carbonyl (C=O) groups is 2. The highest BCUT2D eigenvalue weighted by Crippen LogP contribution is 2.18. The Labute approximate surface area is 155 Å². The number of carbonyl (C=O) groups excluding carboxylic acids is 2. The van der Waals surface area contributed by atoms with Crippen molar-refractivity contribution < 1.29 is 18.7 Å². The monoisotopic (exact) mass is 376 g/mol. The van der Waals surface area contributed by atoms with E-state index < -0.39 is 17.8 Å². The van der Waals surface area contributed by atoms with Gasteiger partial charge in [-0.3, -0.25) is 10.2 Å². The molecular weight excluding hydrogens is 359 g/mol. The molecule has 0 aliphatic carbocycles. The van der Waals surface area contributed by atoms with Crippen LogP contribution in [-0.4, -0.2) is 18.6 Å². The predicted octanol–water partition coefficient (Wildman–Crippen LogP) is 4.05. The van der Waals surface area contributed by atoms with Gasteiger partial charge in [-0.05, 0) is 29.3 Å². The minimum atomic E-state index is -0.769. The summed E-state index contributed by atoms with van der Waals surface area (Å²) in [5.74, 6) is -1.03. The molecule has 0 saturated heterocycles. The molecule has 2 aromatic rings. The zero-order chi connectivity index (χ0) is 18.9. The van der Waals surface area contributed by atoms with Gasteiger partial charge in [0.25, 0.3) is 5.91 Å². The van der Waals surface area contributed by atoms with Gasteiger partial charge >= 0.3 is 6.09 Å². The molecule has 136 valence electrons. The van der Waals surface area contributed by atoms with E-state index in [9.17, 15) is 14.0 Å². The van der Waals surface area contributed by atoms with Crippen LogP contribution in [0, 0.1) is 5.82 Å². The highest BCUT2D eigenvalue weighted by Gasteiger charge is 2.09. The minimum absolute atomic E-state index is 0.0261. The smallest absolute Gasteiger partial charge is 0.426 e. The lowest BCUT2D eigenvalue weighted by atomic mass is 10.0. The van der Waals surface area contributed by atoms with Gasteiger partial charge in [-0.25, -0.2) is 14.6 Å². The third-order valence-corrected chi connectivity index (χ3v) is 3.82. The Morgan fingerprint density at radius 3 is 2.62 bits per heavy atom. The molecule has 1 unspecified atom stereocenters. The second kappa shape index (κ2) is 9.58. The van der Waals surface area contributed by atoms with E-state index in [-0.39, 0.29) is 17.5 Å². The molecule has 0 spiro atoms. The topological polar surface area (TPSA) is 67.4 Å². The van der Waals surface area contributed by atoms with E-state index in [2.05, 4.69) is 10.9 Å². The quantitative estimate of drug-likeness (QED) is 0.611. The molecular formula is C19H18ClFN2O3. The number of hydrazine groups is 1. The standard InChI is InChI=1S/C19H18ClFN2O3/c1-13(14-5-3-2-4-6-14)12-26-19(25)23-22-18(24)10-8-15-7-9-16(21)11-17(15)20/h2-11,13H,12H2,1H3,(H,22,24)(H,23,25). The SMILES string of the molecule is CC(COC(=O)NNC(=O)C=Cc1ccc(F)cc1Cl)c1ccccc1. The van der Waals surface area contributed by atoms with Crippen molar-refractivity contribution in [3.63, 3.8) is 0 Å². The maximum absolute atomic E-state index is 12.9. The van der Waals surface area contributed by atoms with Gasteiger partial charge in [0.1, 0.15) is 5.82 Å². The summed E-state index contributed by atoms with van der Waals surface area (Å²) in [6.45, 7) is 2.10. The van der Waals surface area contributed by atoms with Crippen LogP contribution >= 0.6 is 11.6 Å². The molecule has 0 heterocycles. The maximum atomic E-state index is 12.9. The fourth-order valence-corrected chi connectivity index (χ4v) is 2.30. The third kappa shape index (κ3) is 6.22. The van der Waals surface area contributed by atoms with Crippen molar-refractivity contribution in [2.24, 2.45) is 0 Å². The molecule has 0 bridgehead atoms. The van der Waals surface area contributed by atoms with Crippen LogP contribution in [0.25, 0.3) is 6.08 Å². The Balaban J connectivity index is 1.74. The molecule has 0 aromatic heterocycles. The lowest BCUT2D eigenvalue weighted by molar-refractivity contribution is -0.117. The molecule has 0 radical (unpaired) electrons. The van der Waals surface area contributed by atoms with E-state index in [0.717, 1.165) is 17.7 Å². The highest BCUT2D eigenvalue weighted by atomic mass is 35.5. The van der Waals surface area contributed by atoms with Crippen LogP contribution in [0.5, 0.6) is 0 Å². The normalized spacial score (nSPS) is 11.8. The summed E-state index contributed by atoms with van der Waals surface area (Å²) in [4.78, 5) is 23.3. The summed E-state index contributed by atoms with van der Waals surface area (Å²) in [6.07, 6.45) is 1.79. The summed E-state index contributed by atoms with van der Waals surface area (Å²) < 4.78 is 18.0. The summed E-state index contributed by atoms with van der Waals surface area (Å²) >= 11 is 5.85. The second-order valence-corrected chi connectivity index (χ2v) is 5.93. The van der Waals surface area contributed by atoms with Crippen LogP contribution in [0.15, 0.2) is 54.6 Å². The molecule has 2 rings (SSSR count). The van der Waals surface area contributed by atoms with Crippen LogP contribution in [0.2, 0.25) is 5.02 Å². The number of hydrogen-bond acceptors (Lipinski definition) is 3. The predicted molar refractivity (Wildman–Crippen MR) is 97.9 cm³/mol. The number of rotatable bonds is 5. The molecule has 2 aromatic carbocycles. The highest BCUT2D eigenvalue weighted by molar-refractivity contribution is 6.32. The van der Waals surface area contributed by atoms with Crippen LogP contribution in [0.4, 0.5) is 9.18 Å². The first-order valence-corrected chi connectivity index (χ1v) is 8.24. The van der Waals surface area contributed by atoms with Crippen LogP contribution in [0.1, 0.15) is 24.0 Å². The van der Waals surface area contributed by atoms with Gasteiger partial charge in [-0.1, -0.05) is 54.9 Å². The number of ether oxygens (including phenoxy) is 1. The Morgan fingerprint density at radius 2 is 1.92 bits per heavy atom. The van der Waals surface area contributed by atoms with E-state index in [0.29, 0.717) is 5.56 Å². The van der Waals surface area contributed by atoms with E-state index in [1.165, 1.54) is 18.2 Å². The fraction of sp³-hybridized carbons (Fsp3) is 0.158. The molecule has 7 heteroatoms. The molecule has 0 aliphatic heterocycles. The zero-order valence-corrected chi connectivity index (χ0v) is 14.8. The van der Waals surface area contributed by atoms with Gasteiger partial charge < -0.3 is 4.74 Å². The van der Waals surface area contributed by atoms with Gasteiger partial charge in [-0.2, -0.15) is 0 Å². The van der Waals surface area contributed by atoms with Crippen molar-refractivity contribution in [2.75, 3.05) is 6.61 Å². The summed E-state index contributed by atoms with van der Waals surface area (Å²) in [5, 5.41) is 0.177. The Bertz CT molecular complexity index is 797. The van der Waals surface area contributed by atoms with Crippen molar-refractivity contribution >= 4 is 29.7 Å². The van der Waals surface area contributed by atoms with E-state index >= 15 is 0 Å². The number of halogens is 2. The van der Waals surface area contributed by atoms with Gasteiger partial charge in [0.2, 0.25) is 0 Å². The Hall–Kier alpha value is -2.86. The summed E-state index contributed by atoms with van der Waals surface area (Å²) in [7, 11) is 0. The molecule has 0 fully saturated rings. The van der Waals surface area contributed by atoms with E-state index in [1.807, 2.05) is 37.3 Å². The fourth-order valence-electron chi connectivity index (χ4n) is 2.07. The first-order valence-electron chi connectivity index (χ1n) is 7.86. The molecule has 5 nitrogen and oxygen atoms in total. The number of hydrogen-bond donors (Lipinski definition) is 2. The first-order chi connectivity index (χ1) is 12.5. The van der Waals surface area contributed by atoms with E-state index in [4.69, 9.17) is 16.3 Å². The Morgan fingerprint density at radius 1 is 1.19 bits per heavy atom. The summed E-state index contributed by atoms with van der Waals surface area (Å²) in [6, 6.07) is 13.4. The second-order valence-electron chi connectivity index (χ2n) is 5.52. The zero-order valence-electron chi connectivity index (χ0n) is 14.0. The van der Waals surface area contributed by atoms with Gasteiger partial charge in [-0.15, -0.1) is 0 Å².